The quantitative estimate of drug-likeness (QED) is 0.686. The van der Waals surface area contributed by atoms with Crippen LogP contribution in [0.3, 0.4) is 0 Å². The van der Waals surface area contributed by atoms with Gasteiger partial charge in [0.05, 0.1) is 18.6 Å². The van der Waals surface area contributed by atoms with Crippen molar-refractivity contribution in [2.75, 3.05) is 18.2 Å². The van der Waals surface area contributed by atoms with E-state index < -0.39 is 9.84 Å². The molecule has 0 aliphatic carbocycles. The molecule has 1 amide bonds. The Hall–Kier alpha value is -3.26. The van der Waals surface area contributed by atoms with Crippen LogP contribution in [0.25, 0.3) is 11.3 Å². The molecule has 1 N–H and O–H groups in total. The summed E-state index contributed by atoms with van der Waals surface area (Å²) >= 11 is 0. The lowest BCUT2D eigenvalue weighted by Gasteiger charge is -2.08. The highest BCUT2D eigenvalue weighted by atomic mass is 32.2. The summed E-state index contributed by atoms with van der Waals surface area (Å²) < 4.78 is 28.8. The van der Waals surface area contributed by atoms with Gasteiger partial charge in [0.1, 0.15) is 5.75 Å². The SMILES string of the molecule is CCS(=O)(=O)c1ccc(-c2cccc(NC(=O)c3cccc(OC)c3)c2)nn1. The van der Waals surface area contributed by atoms with E-state index in [1.165, 1.54) is 6.07 Å². The van der Waals surface area contributed by atoms with Crippen molar-refractivity contribution in [2.24, 2.45) is 0 Å². The number of sulfone groups is 1. The monoisotopic (exact) mass is 397 g/mol. The fourth-order valence-electron chi connectivity index (χ4n) is 2.51. The number of nitrogens with one attached hydrogen (secondary N) is 1. The molecule has 144 valence electrons. The first-order chi connectivity index (χ1) is 13.4. The highest BCUT2D eigenvalue weighted by Crippen LogP contribution is 2.22. The van der Waals surface area contributed by atoms with Crippen LogP contribution in [0.1, 0.15) is 17.3 Å². The Balaban J connectivity index is 1.81. The van der Waals surface area contributed by atoms with E-state index in [1.54, 1.807) is 68.6 Å². The Morgan fingerprint density at radius 2 is 1.82 bits per heavy atom. The highest BCUT2D eigenvalue weighted by molar-refractivity contribution is 7.91. The molecule has 28 heavy (non-hydrogen) atoms. The second kappa shape index (κ2) is 8.18. The molecule has 0 bridgehead atoms. The summed E-state index contributed by atoms with van der Waals surface area (Å²) in [6.45, 7) is 1.55. The van der Waals surface area contributed by atoms with Gasteiger partial charge in [-0.25, -0.2) is 8.42 Å². The molecule has 3 rings (SSSR count). The van der Waals surface area contributed by atoms with Crippen LogP contribution in [0.15, 0.2) is 65.7 Å². The first-order valence-electron chi connectivity index (χ1n) is 8.55. The van der Waals surface area contributed by atoms with E-state index in [0.717, 1.165) is 0 Å². The van der Waals surface area contributed by atoms with Gasteiger partial charge in [0.15, 0.2) is 14.9 Å². The third-order valence-electron chi connectivity index (χ3n) is 4.09. The summed E-state index contributed by atoms with van der Waals surface area (Å²) in [5.74, 6) is 0.289. The van der Waals surface area contributed by atoms with E-state index in [-0.39, 0.29) is 16.7 Å². The van der Waals surface area contributed by atoms with E-state index in [9.17, 15) is 13.2 Å². The summed E-state index contributed by atoms with van der Waals surface area (Å²) in [7, 11) is -1.86. The number of hydrogen-bond acceptors (Lipinski definition) is 6. The van der Waals surface area contributed by atoms with Crippen LogP contribution in [-0.2, 0) is 9.84 Å². The molecule has 0 saturated carbocycles. The number of benzene rings is 2. The Kier molecular flexibility index (Phi) is 5.70. The maximum atomic E-state index is 12.5. The molecule has 1 heterocycles. The number of carbonyl (C=O) groups excluding carboxylic acids is 1. The minimum absolute atomic E-state index is 0.0349. The largest absolute Gasteiger partial charge is 0.497 e. The maximum absolute atomic E-state index is 12.5. The molecule has 0 fully saturated rings. The molecule has 7 nitrogen and oxygen atoms in total. The van der Waals surface area contributed by atoms with E-state index in [1.807, 2.05) is 0 Å². The Labute approximate surface area is 163 Å². The lowest BCUT2D eigenvalue weighted by molar-refractivity contribution is 0.102. The zero-order valence-electron chi connectivity index (χ0n) is 15.4. The Morgan fingerprint density at radius 3 is 2.50 bits per heavy atom. The number of anilines is 1. The highest BCUT2D eigenvalue weighted by Gasteiger charge is 2.14. The average Bonchev–Trinajstić information content (AvgIpc) is 2.74. The molecule has 0 spiro atoms. The van der Waals surface area contributed by atoms with Crippen LogP contribution in [0, 0.1) is 0 Å². The summed E-state index contributed by atoms with van der Waals surface area (Å²) in [6.07, 6.45) is 0. The van der Waals surface area contributed by atoms with E-state index in [0.29, 0.717) is 28.3 Å². The predicted molar refractivity (Wildman–Crippen MR) is 106 cm³/mol. The zero-order chi connectivity index (χ0) is 20.1. The van der Waals surface area contributed by atoms with Crippen molar-refractivity contribution in [1.82, 2.24) is 10.2 Å². The lowest BCUT2D eigenvalue weighted by Crippen LogP contribution is -2.12. The third-order valence-corrected chi connectivity index (χ3v) is 5.70. The molecule has 0 radical (unpaired) electrons. The molecule has 0 aliphatic rings. The normalized spacial score (nSPS) is 11.1. The summed E-state index contributed by atoms with van der Waals surface area (Å²) in [6, 6.07) is 17.0. The number of amides is 1. The molecule has 0 unspecified atom stereocenters. The minimum atomic E-state index is -3.40. The van der Waals surface area contributed by atoms with Crippen LogP contribution < -0.4 is 10.1 Å². The van der Waals surface area contributed by atoms with Gasteiger partial charge in [-0.1, -0.05) is 25.1 Å². The Bertz CT molecular complexity index is 1100. The van der Waals surface area contributed by atoms with E-state index >= 15 is 0 Å². The van der Waals surface area contributed by atoms with Gasteiger partial charge in [0, 0.05) is 16.8 Å². The number of carbonyl (C=O) groups is 1. The van der Waals surface area contributed by atoms with Crippen molar-refractivity contribution in [3.8, 4) is 17.0 Å². The summed E-state index contributed by atoms with van der Waals surface area (Å²) in [4.78, 5) is 12.5. The molecule has 1 aromatic heterocycles. The van der Waals surface area contributed by atoms with Gasteiger partial charge in [-0.2, -0.15) is 0 Å². The Morgan fingerprint density at radius 1 is 1.04 bits per heavy atom. The van der Waals surface area contributed by atoms with Crippen LogP contribution in [0.2, 0.25) is 0 Å². The van der Waals surface area contributed by atoms with Crippen LogP contribution in [0.5, 0.6) is 5.75 Å². The summed E-state index contributed by atoms with van der Waals surface area (Å²) in [5, 5.41) is 10.6. The molecule has 0 atom stereocenters. The molecular weight excluding hydrogens is 378 g/mol. The third kappa shape index (κ3) is 4.34. The van der Waals surface area contributed by atoms with E-state index in [4.69, 9.17) is 4.74 Å². The number of ether oxygens (including phenoxy) is 1. The fourth-order valence-corrected chi connectivity index (χ4v) is 3.25. The van der Waals surface area contributed by atoms with Crippen molar-refractivity contribution >= 4 is 21.4 Å². The van der Waals surface area contributed by atoms with Crippen molar-refractivity contribution in [2.45, 2.75) is 11.9 Å². The zero-order valence-corrected chi connectivity index (χ0v) is 16.2. The molecule has 0 aliphatic heterocycles. The number of aromatic nitrogens is 2. The maximum Gasteiger partial charge on any atom is 0.255 e. The second-order valence-corrected chi connectivity index (χ2v) is 8.15. The number of rotatable bonds is 6. The van der Waals surface area contributed by atoms with Gasteiger partial charge in [-0.3, -0.25) is 4.79 Å². The molecule has 0 saturated heterocycles. The van der Waals surface area contributed by atoms with Gasteiger partial charge in [-0.15, -0.1) is 10.2 Å². The topological polar surface area (TPSA) is 98.2 Å². The van der Waals surface area contributed by atoms with Crippen LogP contribution in [0.4, 0.5) is 5.69 Å². The molecule has 3 aromatic rings. The first kappa shape index (κ1) is 19.5. The lowest BCUT2D eigenvalue weighted by atomic mass is 10.1. The van der Waals surface area contributed by atoms with Gasteiger partial charge in [0.2, 0.25) is 0 Å². The standard InChI is InChI=1S/C20H19N3O4S/c1-3-28(25,26)19-11-10-18(22-23-19)14-6-4-8-16(12-14)21-20(24)15-7-5-9-17(13-15)27-2/h4-13H,3H2,1-2H3,(H,21,24). The number of methoxy groups -OCH3 is 1. The van der Waals surface area contributed by atoms with Gasteiger partial charge in [-0.05, 0) is 42.5 Å². The fraction of sp³-hybridized carbons (Fsp3) is 0.150. The van der Waals surface area contributed by atoms with Crippen LogP contribution >= 0.6 is 0 Å². The number of hydrogen-bond donors (Lipinski definition) is 1. The first-order valence-corrected chi connectivity index (χ1v) is 10.2. The second-order valence-electron chi connectivity index (χ2n) is 5.93. The van der Waals surface area contributed by atoms with Crippen molar-refractivity contribution in [1.29, 1.82) is 0 Å². The van der Waals surface area contributed by atoms with Gasteiger partial charge < -0.3 is 10.1 Å². The predicted octanol–water partition coefficient (Wildman–Crippen LogP) is 3.20. The number of nitrogens with zero attached hydrogens (tertiary/aromatic N) is 2. The molecular formula is C20H19N3O4S. The molecule has 8 heteroatoms. The van der Waals surface area contributed by atoms with E-state index in [2.05, 4.69) is 15.5 Å². The smallest absolute Gasteiger partial charge is 0.255 e. The minimum Gasteiger partial charge on any atom is -0.497 e. The molecule has 2 aromatic carbocycles. The van der Waals surface area contributed by atoms with Crippen molar-refractivity contribution in [3.05, 3.63) is 66.2 Å². The summed E-state index contributed by atoms with van der Waals surface area (Å²) in [5.41, 5.74) is 2.26. The van der Waals surface area contributed by atoms with Crippen molar-refractivity contribution < 1.29 is 17.9 Å². The van der Waals surface area contributed by atoms with Gasteiger partial charge in [0.25, 0.3) is 5.91 Å². The van der Waals surface area contributed by atoms with Crippen molar-refractivity contribution in [3.63, 3.8) is 0 Å². The van der Waals surface area contributed by atoms with Gasteiger partial charge >= 0.3 is 0 Å². The van der Waals surface area contributed by atoms with Crippen LogP contribution in [-0.4, -0.2) is 37.4 Å². The average molecular weight is 397 g/mol.